The number of hydrogen-bond acceptors (Lipinski definition) is 3. The Morgan fingerprint density at radius 2 is 2.12 bits per heavy atom. The minimum Gasteiger partial charge on any atom is -0.385 e. The number of ether oxygens (including phenoxy) is 1. The molecule has 1 saturated carbocycles. The van der Waals surface area contributed by atoms with Gasteiger partial charge in [0.15, 0.2) is 0 Å². The number of nitrogens with one attached hydrogen (secondary N) is 1. The molecule has 1 unspecified atom stereocenters. The van der Waals surface area contributed by atoms with Gasteiger partial charge in [-0.25, -0.2) is 0 Å². The topological polar surface area (TPSA) is 64.3 Å². The van der Waals surface area contributed by atoms with Crippen LogP contribution in [0, 0.1) is 5.41 Å². The van der Waals surface area contributed by atoms with Crippen LogP contribution in [0.15, 0.2) is 0 Å². The maximum Gasteiger partial charge on any atom is 0.221 e. The number of carbonyl (C=O) groups excluding carboxylic acids is 1. The quantitative estimate of drug-likeness (QED) is 0.710. The Balaban J connectivity index is 2.36. The van der Waals surface area contributed by atoms with Crippen molar-refractivity contribution >= 4 is 5.91 Å². The van der Waals surface area contributed by atoms with E-state index in [0.29, 0.717) is 6.42 Å². The lowest BCUT2D eigenvalue weighted by atomic mass is 9.83. The molecule has 0 aromatic carbocycles. The Bertz CT molecular complexity index is 236. The van der Waals surface area contributed by atoms with Crippen molar-refractivity contribution in [2.75, 3.05) is 20.3 Å². The molecule has 0 saturated heterocycles. The average molecular weight is 242 g/mol. The summed E-state index contributed by atoms with van der Waals surface area (Å²) in [4.78, 5) is 11.6. The van der Waals surface area contributed by atoms with Crippen LogP contribution < -0.4 is 11.1 Å². The van der Waals surface area contributed by atoms with Crippen LogP contribution in [0.1, 0.15) is 45.4 Å². The largest absolute Gasteiger partial charge is 0.385 e. The van der Waals surface area contributed by atoms with Crippen molar-refractivity contribution in [2.24, 2.45) is 11.1 Å². The maximum atomic E-state index is 11.6. The number of hydrogen-bond donors (Lipinski definition) is 2. The first kappa shape index (κ1) is 14.5. The number of carbonyl (C=O) groups is 1. The summed E-state index contributed by atoms with van der Waals surface area (Å²) in [6.45, 7) is 3.42. The van der Waals surface area contributed by atoms with Gasteiger partial charge in [0.25, 0.3) is 0 Å². The van der Waals surface area contributed by atoms with E-state index in [-0.39, 0.29) is 17.4 Å². The van der Waals surface area contributed by atoms with E-state index >= 15 is 0 Å². The van der Waals surface area contributed by atoms with Crippen molar-refractivity contribution < 1.29 is 9.53 Å². The zero-order valence-electron chi connectivity index (χ0n) is 11.1. The van der Waals surface area contributed by atoms with Crippen LogP contribution >= 0.6 is 0 Å². The summed E-state index contributed by atoms with van der Waals surface area (Å²) in [6.07, 6.45) is 6.41. The lowest BCUT2D eigenvalue weighted by Gasteiger charge is -2.29. The van der Waals surface area contributed by atoms with Gasteiger partial charge >= 0.3 is 0 Å². The van der Waals surface area contributed by atoms with Gasteiger partial charge in [0.2, 0.25) is 5.91 Å². The van der Waals surface area contributed by atoms with Gasteiger partial charge in [0, 0.05) is 32.7 Å². The van der Waals surface area contributed by atoms with Crippen LogP contribution in [0.5, 0.6) is 0 Å². The Morgan fingerprint density at radius 1 is 1.47 bits per heavy atom. The SMILES string of the molecule is COCCC1(CNC(=O)CC(C)N)CCCC1. The second-order valence-electron chi connectivity index (χ2n) is 5.41. The third-order valence-corrected chi connectivity index (χ3v) is 3.67. The molecule has 0 radical (unpaired) electrons. The monoisotopic (exact) mass is 242 g/mol. The van der Waals surface area contributed by atoms with Crippen molar-refractivity contribution in [1.29, 1.82) is 0 Å². The van der Waals surface area contributed by atoms with Crippen LogP contribution in [-0.4, -0.2) is 32.2 Å². The highest BCUT2D eigenvalue weighted by Crippen LogP contribution is 2.40. The molecule has 100 valence electrons. The highest BCUT2D eigenvalue weighted by molar-refractivity contribution is 5.76. The molecular formula is C13H26N2O2. The summed E-state index contributed by atoms with van der Waals surface area (Å²) in [7, 11) is 1.73. The third kappa shape index (κ3) is 5.04. The van der Waals surface area contributed by atoms with E-state index in [4.69, 9.17) is 10.5 Å². The van der Waals surface area contributed by atoms with Crippen molar-refractivity contribution in [1.82, 2.24) is 5.32 Å². The molecule has 0 aromatic rings. The van der Waals surface area contributed by atoms with Crippen LogP contribution in [0.3, 0.4) is 0 Å². The fourth-order valence-electron chi connectivity index (χ4n) is 2.61. The predicted octanol–water partition coefficient (Wildman–Crippen LogP) is 1.44. The van der Waals surface area contributed by atoms with Gasteiger partial charge in [-0.2, -0.15) is 0 Å². The molecule has 0 aliphatic heterocycles. The van der Waals surface area contributed by atoms with Crippen molar-refractivity contribution in [3.8, 4) is 0 Å². The summed E-state index contributed by atoms with van der Waals surface area (Å²) in [6, 6.07) is -0.0616. The Morgan fingerprint density at radius 3 is 2.65 bits per heavy atom. The normalized spacial score (nSPS) is 20.2. The van der Waals surface area contributed by atoms with E-state index in [1.54, 1.807) is 7.11 Å². The highest BCUT2D eigenvalue weighted by atomic mass is 16.5. The van der Waals surface area contributed by atoms with Crippen LogP contribution in [-0.2, 0) is 9.53 Å². The lowest BCUT2D eigenvalue weighted by Crippen LogP contribution is -2.38. The van der Waals surface area contributed by atoms with Gasteiger partial charge in [-0.05, 0) is 31.6 Å². The Hall–Kier alpha value is -0.610. The minimum absolute atomic E-state index is 0.0616. The molecule has 0 heterocycles. The Kier molecular flexibility index (Phi) is 5.92. The van der Waals surface area contributed by atoms with Crippen molar-refractivity contribution in [3.05, 3.63) is 0 Å². The molecule has 17 heavy (non-hydrogen) atoms. The molecule has 1 amide bonds. The molecule has 1 rings (SSSR count). The van der Waals surface area contributed by atoms with Crippen LogP contribution in [0.2, 0.25) is 0 Å². The smallest absolute Gasteiger partial charge is 0.221 e. The van der Waals surface area contributed by atoms with E-state index in [1.165, 1.54) is 25.7 Å². The first-order valence-corrected chi connectivity index (χ1v) is 6.59. The van der Waals surface area contributed by atoms with Crippen LogP contribution in [0.4, 0.5) is 0 Å². The molecule has 3 N–H and O–H groups in total. The van der Waals surface area contributed by atoms with E-state index < -0.39 is 0 Å². The lowest BCUT2D eigenvalue weighted by molar-refractivity contribution is -0.121. The number of amides is 1. The average Bonchev–Trinajstić information content (AvgIpc) is 2.72. The van der Waals surface area contributed by atoms with Crippen molar-refractivity contribution in [3.63, 3.8) is 0 Å². The van der Waals surface area contributed by atoms with Gasteiger partial charge in [-0.1, -0.05) is 12.8 Å². The maximum absolute atomic E-state index is 11.6. The molecule has 1 fully saturated rings. The fraction of sp³-hybridized carbons (Fsp3) is 0.923. The molecular weight excluding hydrogens is 216 g/mol. The Labute approximate surface area is 104 Å². The molecule has 1 atom stereocenters. The second-order valence-corrected chi connectivity index (χ2v) is 5.41. The first-order chi connectivity index (χ1) is 8.08. The summed E-state index contributed by atoms with van der Waals surface area (Å²) in [5.74, 6) is 0.0729. The zero-order chi connectivity index (χ0) is 12.7. The number of nitrogens with two attached hydrogens (primary N) is 1. The molecule has 1 aliphatic rings. The van der Waals surface area contributed by atoms with Gasteiger partial charge in [0.1, 0.15) is 0 Å². The number of rotatable bonds is 7. The summed E-state index contributed by atoms with van der Waals surface area (Å²) < 4.78 is 5.17. The van der Waals surface area contributed by atoms with Gasteiger partial charge in [-0.15, -0.1) is 0 Å². The van der Waals surface area contributed by atoms with E-state index in [9.17, 15) is 4.79 Å². The second kappa shape index (κ2) is 6.97. The fourth-order valence-corrected chi connectivity index (χ4v) is 2.61. The van der Waals surface area contributed by atoms with Crippen LogP contribution in [0.25, 0.3) is 0 Å². The molecule has 4 heteroatoms. The summed E-state index contributed by atoms with van der Waals surface area (Å²) in [5, 5.41) is 3.03. The van der Waals surface area contributed by atoms with Gasteiger partial charge in [0.05, 0.1) is 0 Å². The molecule has 1 aliphatic carbocycles. The molecule has 0 spiro atoms. The van der Waals surface area contributed by atoms with E-state index in [0.717, 1.165) is 19.6 Å². The summed E-state index contributed by atoms with van der Waals surface area (Å²) in [5.41, 5.74) is 5.88. The van der Waals surface area contributed by atoms with Gasteiger partial charge in [-0.3, -0.25) is 4.79 Å². The van der Waals surface area contributed by atoms with Crippen molar-refractivity contribution in [2.45, 2.75) is 51.5 Å². The summed E-state index contributed by atoms with van der Waals surface area (Å²) >= 11 is 0. The number of methoxy groups -OCH3 is 1. The standard InChI is InChI=1S/C13H26N2O2/c1-11(14)9-12(16)15-10-13(7-8-17-2)5-3-4-6-13/h11H,3-10,14H2,1-2H3,(H,15,16). The predicted molar refractivity (Wildman–Crippen MR) is 68.7 cm³/mol. The van der Waals surface area contributed by atoms with E-state index in [1.807, 2.05) is 6.92 Å². The zero-order valence-corrected chi connectivity index (χ0v) is 11.1. The molecule has 0 bridgehead atoms. The molecule has 0 aromatic heterocycles. The first-order valence-electron chi connectivity index (χ1n) is 6.59. The minimum atomic E-state index is -0.0616. The third-order valence-electron chi connectivity index (χ3n) is 3.67. The van der Waals surface area contributed by atoms with Gasteiger partial charge < -0.3 is 15.8 Å². The highest BCUT2D eigenvalue weighted by Gasteiger charge is 2.33. The van der Waals surface area contributed by atoms with E-state index in [2.05, 4.69) is 5.32 Å². The molecule has 4 nitrogen and oxygen atoms in total.